The van der Waals surface area contributed by atoms with Crippen LogP contribution in [0.1, 0.15) is 23.6 Å². The van der Waals surface area contributed by atoms with Gasteiger partial charge >= 0.3 is 0 Å². The molecule has 0 aliphatic heterocycles. The molecule has 0 radical (unpaired) electrons. The van der Waals surface area contributed by atoms with Crippen molar-refractivity contribution in [3.05, 3.63) is 88.4 Å². The number of nitrogens with zero attached hydrogens (tertiary/aromatic N) is 2. The molecule has 2 amide bonds. The zero-order valence-corrected chi connectivity index (χ0v) is 23.6. The van der Waals surface area contributed by atoms with E-state index in [1.807, 2.05) is 6.92 Å². The number of halogens is 1. The van der Waals surface area contributed by atoms with E-state index in [0.717, 1.165) is 15.4 Å². The minimum Gasteiger partial charge on any atom is -0.497 e. The summed E-state index contributed by atoms with van der Waals surface area (Å²) in [6.45, 7) is 4.77. The van der Waals surface area contributed by atoms with E-state index in [2.05, 4.69) is 5.32 Å². The number of hydrogen-bond donors (Lipinski definition) is 1. The zero-order valence-electron chi connectivity index (χ0n) is 22.1. The van der Waals surface area contributed by atoms with Crippen LogP contribution in [0.25, 0.3) is 0 Å². The molecular formula is C28H32ClN3O5S. The van der Waals surface area contributed by atoms with Gasteiger partial charge in [-0.3, -0.25) is 13.9 Å². The maximum absolute atomic E-state index is 13.9. The molecule has 0 saturated heterocycles. The van der Waals surface area contributed by atoms with Gasteiger partial charge in [0.05, 0.1) is 17.7 Å². The van der Waals surface area contributed by atoms with Gasteiger partial charge in [0, 0.05) is 18.6 Å². The highest BCUT2D eigenvalue weighted by Gasteiger charge is 2.33. The Morgan fingerprint density at radius 2 is 1.63 bits per heavy atom. The molecule has 8 nitrogen and oxygen atoms in total. The lowest BCUT2D eigenvalue weighted by Crippen LogP contribution is -2.50. The van der Waals surface area contributed by atoms with Crippen molar-refractivity contribution in [2.75, 3.05) is 25.0 Å². The van der Waals surface area contributed by atoms with Crippen molar-refractivity contribution in [1.29, 1.82) is 0 Å². The SMILES string of the molecule is CNC(=O)[C@@H](C)N(Cc1ccc(OC)cc1)C(=O)CN(c1ccc(Cl)cc1C)S(=O)(=O)c1ccc(C)cc1. The van der Waals surface area contributed by atoms with Gasteiger partial charge in [0.25, 0.3) is 10.0 Å². The maximum Gasteiger partial charge on any atom is 0.264 e. The Kier molecular flexibility index (Phi) is 9.40. The average molecular weight is 558 g/mol. The van der Waals surface area contributed by atoms with Crippen LogP contribution in [0.2, 0.25) is 5.02 Å². The van der Waals surface area contributed by atoms with Crippen molar-refractivity contribution in [3.8, 4) is 5.75 Å². The molecule has 0 aliphatic carbocycles. The predicted octanol–water partition coefficient (Wildman–Crippen LogP) is 4.32. The number of methoxy groups -OCH3 is 1. The van der Waals surface area contributed by atoms with Crippen molar-refractivity contribution >= 4 is 39.1 Å². The summed E-state index contributed by atoms with van der Waals surface area (Å²) in [5, 5.41) is 3.01. The van der Waals surface area contributed by atoms with Crippen LogP contribution in [-0.2, 0) is 26.2 Å². The molecule has 1 atom stereocenters. The number of hydrogen-bond acceptors (Lipinski definition) is 5. The van der Waals surface area contributed by atoms with E-state index in [1.165, 1.54) is 24.1 Å². The van der Waals surface area contributed by atoms with Crippen molar-refractivity contribution in [3.63, 3.8) is 0 Å². The molecule has 0 aromatic heterocycles. The quantitative estimate of drug-likeness (QED) is 0.400. The summed E-state index contributed by atoms with van der Waals surface area (Å²) in [6, 6.07) is 17.5. The molecule has 0 aliphatic rings. The van der Waals surface area contributed by atoms with E-state index < -0.39 is 28.5 Å². The number of aryl methyl sites for hydroxylation is 2. The summed E-state index contributed by atoms with van der Waals surface area (Å²) in [4.78, 5) is 27.8. The van der Waals surface area contributed by atoms with Crippen LogP contribution in [0.15, 0.2) is 71.6 Å². The number of amides is 2. The number of carbonyl (C=O) groups excluding carboxylic acids is 2. The van der Waals surface area contributed by atoms with E-state index in [-0.39, 0.29) is 17.3 Å². The Bertz CT molecular complexity index is 1390. The predicted molar refractivity (Wildman–Crippen MR) is 149 cm³/mol. The third-order valence-electron chi connectivity index (χ3n) is 6.24. The van der Waals surface area contributed by atoms with Gasteiger partial charge in [0.2, 0.25) is 11.8 Å². The smallest absolute Gasteiger partial charge is 0.264 e. The Balaban J connectivity index is 2.05. The van der Waals surface area contributed by atoms with Gasteiger partial charge in [0.1, 0.15) is 18.3 Å². The van der Waals surface area contributed by atoms with Crippen LogP contribution in [0, 0.1) is 13.8 Å². The summed E-state index contributed by atoms with van der Waals surface area (Å²) < 4.78 is 34.0. The van der Waals surface area contributed by atoms with Gasteiger partial charge < -0.3 is 15.0 Å². The summed E-state index contributed by atoms with van der Waals surface area (Å²) in [5.74, 6) is -0.260. The van der Waals surface area contributed by atoms with Crippen LogP contribution >= 0.6 is 11.6 Å². The summed E-state index contributed by atoms with van der Waals surface area (Å²) in [6.07, 6.45) is 0. The summed E-state index contributed by atoms with van der Waals surface area (Å²) in [5.41, 5.74) is 2.56. The molecule has 0 spiro atoms. The van der Waals surface area contributed by atoms with Crippen LogP contribution in [0.5, 0.6) is 5.75 Å². The number of rotatable bonds is 10. The largest absolute Gasteiger partial charge is 0.497 e. The highest BCUT2D eigenvalue weighted by atomic mass is 35.5. The molecule has 1 N–H and O–H groups in total. The molecule has 0 fully saturated rings. The number of benzene rings is 3. The van der Waals surface area contributed by atoms with E-state index in [1.54, 1.807) is 75.6 Å². The lowest BCUT2D eigenvalue weighted by Gasteiger charge is -2.32. The number of ether oxygens (including phenoxy) is 1. The maximum atomic E-state index is 13.9. The number of carbonyl (C=O) groups is 2. The molecule has 3 rings (SSSR count). The van der Waals surface area contributed by atoms with Gasteiger partial charge in [-0.05, 0) is 74.4 Å². The second-order valence-corrected chi connectivity index (χ2v) is 11.2. The highest BCUT2D eigenvalue weighted by Crippen LogP contribution is 2.29. The van der Waals surface area contributed by atoms with Crippen molar-refractivity contribution in [2.24, 2.45) is 0 Å². The molecule has 10 heteroatoms. The van der Waals surface area contributed by atoms with Crippen LogP contribution < -0.4 is 14.4 Å². The molecule has 0 bridgehead atoms. The number of likely N-dealkylation sites (N-methyl/N-ethyl adjacent to an activating group) is 1. The summed E-state index contributed by atoms with van der Waals surface area (Å²) in [7, 11) is -1.10. The second-order valence-electron chi connectivity index (χ2n) is 8.92. The Morgan fingerprint density at radius 3 is 2.18 bits per heavy atom. The van der Waals surface area contributed by atoms with Gasteiger partial charge in [0.15, 0.2) is 0 Å². The lowest BCUT2D eigenvalue weighted by atomic mass is 10.1. The number of sulfonamides is 1. The first kappa shape index (κ1) is 29.0. The molecule has 0 saturated carbocycles. The first-order valence-electron chi connectivity index (χ1n) is 12.0. The van der Waals surface area contributed by atoms with Crippen molar-refractivity contribution in [1.82, 2.24) is 10.2 Å². The minimum atomic E-state index is -4.14. The van der Waals surface area contributed by atoms with E-state index in [4.69, 9.17) is 16.3 Å². The Labute approximate surface area is 229 Å². The summed E-state index contributed by atoms with van der Waals surface area (Å²) >= 11 is 6.13. The first-order valence-corrected chi connectivity index (χ1v) is 13.8. The van der Waals surface area contributed by atoms with Gasteiger partial charge in [-0.25, -0.2) is 8.42 Å². The minimum absolute atomic E-state index is 0.0475. The van der Waals surface area contributed by atoms with E-state index in [0.29, 0.717) is 22.0 Å². The van der Waals surface area contributed by atoms with Crippen molar-refractivity contribution < 1.29 is 22.7 Å². The van der Waals surface area contributed by atoms with E-state index in [9.17, 15) is 18.0 Å². The Morgan fingerprint density at radius 1 is 1.00 bits per heavy atom. The first-order chi connectivity index (χ1) is 18.0. The van der Waals surface area contributed by atoms with Gasteiger partial charge in [-0.1, -0.05) is 41.4 Å². The fourth-order valence-corrected chi connectivity index (χ4v) is 5.67. The fraction of sp³-hybridized carbons (Fsp3) is 0.286. The molecule has 3 aromatic rings. The molecular weight excluding hydrogens is 526 g/mol. The fourth-order valence-electron chi connectivity index (χ4n) is 3.97. The number of anilines is 1. The van der Waals surface area contributed by atoms with Crippen molar-refractivity contribution in [2.45, 2.75) is 38.3 Å². The Hall–Kier alpha value is -3.56. The normalized spacial score (nSPS) is 11.9. The second kappa shape index (κ2) is 12.3. The van der Waals surface area contributed by atoms with Gasteiger partial charge in [-0.2, -0.15) is 0 Å². The highest BCUT2D eigenvalue weighted by molar-refractivity contribution is 7.92. The topological polar surface area (TPSA) is 96.0 Å². The molecule has 0 heterocycles. The molecule has 202 valence electrons. The monoisotopic (exact) mass is 557 g/mol. The molecule has 0 unspecified atom stereocenters. The molecule has 3 aromatic carbocycles. The zero-order chi connectivity index (χ0) is 28.0. The number of nitrogens with one attached hydrogen (secondary N) is 1. The van der Waals surface area contributed by atoms with E-state index >= 15 is 0 Å². The van der Waals surface area contributed by atoms with Crippen LogP contribution in [0.4, 0.5) is 5.69 Å². The van der Waals surface area contributed by atoms with Gasteiger partial charge in [-0.15, -0.1) is 0 Å². The average Bonchev–Trinajstić information content (AvgIpc) is 2.90. The standard InChI is InChI=1S/C28H32ClN3O5S/c1-19-6-13-25(14-7-19)38(35,36)32(26-15-10-23(29)16-20(26)2)18-27(33)31(21(3)28(34)30-4)17-22-8-11-24(37-5)12-9-22/h6-16,21H,17-18H2,1-5H3,(H,30,34)/t21-/m1/s1. The van der Waals surface area contributed by atoms with Crippen LogP contribution in [-0.4, -0.2) is 51.9 Å². The third kappa shape index (κ3) is 6.65. The molecule has 38 heavy (non-hydrogen) atoms. The van der Waals surface area contributed by atoms with Crippen LogP contribution in [0.3, 0.4) is 0 Å². The lowest BCUT2D eigenvalue weighted by molar-refractivity contribution is -0.139. The third-order valence-corrected chi connectivity index (χ3v) is 8.25.